The molecule has 13 heteroatoms. The Labute approximate surface area is 212 Å². The molecule has 0 bridgehead atoms. The number of cyclic esters (lactones) is 1. The number of ether oxygens (including phenoxy) is 1. The van der Waals surface area contributed by atoms with Crippen molar-refractivity contribution in [3.05, 3.63) is 88.8 Å². The van der Waals surface area contributed by atoms with Gasteiger partial charge in [-0.05, 0) is 57.5 Å². The molecule has 1 fully saturated rings. The molecular weight excluding hydrogens is 518 g/mol. The molecule has 7 nitrogen and oxygen atoms in total. The minimum Gasteiger partial charge on any atom is -0.458 e. The van der Waals surface area contributed by atoms with Crippen LogP contribution in [0.3, 0.4) is 0 Å². The summed E-state index contributed by atoms with van der Waals surface area (Å²) in [6.07, 6.45) is -8.10. The summed E-state index contributed by atoms with van der Waals surface area (Å²) in [6.45, 7) is 0. The van der Waals surface area contributed by atoms with E-state index in [0.717, 1.165) is 24.3 Å². The third kappa shape index (κ3) is 6.10. The van der Waals surface area contributed by atoms with Crippen LogP contribution >= 0.6 is 0 Å². The predicted molar refractivity (Wildman–Crippen MR) is 122 cm³/mol. The molecule has 1 aliphatic rings. The number of hydrogen-bond acceptors (Lipinski definition) is 6. The number of aromatic nitrogens is 4. The number of nitrogens with zero attached hydrogens (tertiary/aromatic N) is 4. The lowest BCUT2D eigenvalue weighted by molar-refractivity contribution is -0.156. The van der Waals surface area contributed by atoms with Gasteiger partial charge in [0.2, 0.25) is 0 Å². The van der Waals surface area contributed by atoms with Gasteiger partial charge < -0.3 is 9.84 Å². The van der Waals surface area contributed by atoms with E-state index in [1.165, 1.54) is 48.1 Å². The van der Waals surface area contributed by atoms with Crippen LogP contribution in [0.25, 0.3) is 11.1 Å². The largest absolute Gasteiger partial charge is 0.458 e. The summed E-state index contributed by atoms with van der Waals surface area (Å²) in [5.74, 6) is -0.478. The Morgan fingerprint density at radius 2 is 1.50 bits per heavy atom. The third-order valence-corrected chi connectivity index (χ3v) is 5.80. The highest BCUT2D eigenvalue weighted by Crippen LogP contribution is 2.37. The van der Waals surface area contributed by atoms with Gasteiger partial charge in [0.25, 0.3) is 0 Å². The van der Waals surface area contributed by atoms with E-state index in [1.807, 2.05) is 0 Å². The van der Waals surface area contributed by atoms with Crippen molar-refractivity contribution >= 4 is 17.1 Å². The minimum absolute atomic E-state index is 0.0997. The van der Waals surface area contributed by atoms with Crippen LogP contribution in [-0.4, -0.2) is 43.5 Å². The monoisotopic (exact) mass is 538 g/mol. The van der Waals surface area contributed by atoms with Crippen LogP contribution in [0.5, 0.6) is 0 Å². The summed E-state index contributed by atoms with van der Waals surface area (Å²) in [7, 11) is 1.50. The number of aryl methyl sites for hydroxylation is 1. The summed E-state index contributed by atoms with van der Waals surface area (Å²) < 4.78 is 85.7. The topological polar surface area (TPSA) is 90.1 Å². The second-order valence-electron chi connectivity index (χ2n) is 8.55. The molecule has 0 radical (unpaired) electrons. The average molecular weight is 538 g/mol. The van der Waals surface area contributed by atoms with Crippen molar-refractivity contribution in [3.63, 3.8) is 0 Å². The first-order valence-corrected chi connectivity index (χ1v) is 11.2. The molecule has 2 atom stereocenters. The lowest BCUT2D eigenvalue weighted by Crippen LogP contribution is -2.31. The van der Waals surface area contributed by atoms with Crippen LogP contribution in [-0.2, 0) is 28.9 Å². The molecule has 1 saturated heterocycles. The number of aliphatic hydroxyl groups excluding tert-OH is 1. The van der Waals surface area contributed by atoms with E-state index in [1.54, 1.807) is 0 Å². The molecule has 1 aromatic heterocycles. The second-order valence-corrected chi connectivity index (χ2v) is 8.55. The van der Waals surface area contributed by atoms with Gasteiger partial charge in [-0.15, -0.1) is 5.10 Å². The number of rotatable bonds is 5. The van der Waals surface area contributed by atoms with E-state index >= 15 is 0 Å². The van der Waals surface area contributed by atoms with E-state index in [9.17, 15) is 36.2 Å². The molecule has 0 unspecified atom stereocenters. The van der Waals surface area contributed by atoms with E-state index in [0.29, 0.717) is 0 Å². The number of benzene rings is 2. The molecule has 0 spiro atoms. The summed E-state index contributed by atoms with van der Waals surface area (Å²) in [6, 6.07) is 8.19. The highest BCUT2D eigenvalue weighted by atomic mass is 19.4. The molecule has 1 aliphatic heterocycles. The lowest BCUT2D eigenvalue weighted by atomic mass is 9.90. The van der Waals surface area contributed by atoms with Crippen LogP contribution in [0, 0.1) is 0 Å². The maximum atomic E-state index is 13.2. The number of esters is 1. The number of hydrogen-bond donors (Lipinski definition) is 1. The van der Waals surface area contributed by atoms with E-state index in [2.05, 4.69) is 15.5 Å². The van der Waals surface area contributed by atoms with Crippen LogP contribution in [0.15, 0.2) is 60.7 Å². The highest BCUT2D eigenvalue weighted by Gasteiger charge is 2.32. The lowest BCUT2D eigenvalue weighted by Gasteiger charge is -2.23. The van der Waals surface area contributed by atoms with Gasteiger partial charge in [0, 0.05) is 19.0 Å². The minimum atomic E-state index is -4.60. The summed E-state index contributed by atoms with van der Waals surface area (Å²) in [4.78, 5) is 11.8. The number of carbonyl (C=O) groups excluding carboxylic acids is 1. The molecule has 0 aliphatic carbocycles. The molecular formula is C25H20F6N4O3. The maximum Gasteiger partial charge on any atom is 0.416 e. The van der Waals surface area contributed by atoms with Gasteiger partial charge >= 0.3 is 18.3 Å². The van der Waals surface area contributed by atoms with Gasteiger partial charge in [0.15, 0.2) is 5.82 Å². The first-order chi connectivity index (χ1) is 17.8. The van der Waals surface area contributed by atoms with Gasteiger partial charge in [-0.3, -0.25) is 4.79 Å². The van der Waals surface area contributed by atoms with Gasteiger partial charge in [-0.2, -0.15) is 26.3 Å². The van der Waals surface area contributed by atoms with Crippen molar-refractivity contribution in [1.29, 1.82) is 0 Å². The first kappa shape index (κ1) is 27.0. The van der Waals surface area contributed by atoms with Crippen molar-refractivity contribution in [1.82, 2.24) is 20.2 Å². The van der Waals surface area contributed by atoms with Gasteiger partial charge in [0.1, 0.15) is 6.10 Å². The number of halogens is 6. The number of aliphatic hydroxyl groups is 1. The van der Waals surface area contributed by atoms with Gasteiger partial charge in [0.05, 0.1) is 23.7 Å². The zero-order chi connectivity index (χ0) is 27.7. The number of alkyl halides is 6. The Kier molecular flexibility index (Phi) is 7.40. The van der Waals surface area contributed by atoms with E-state index in [-0.39, 0.29) is 40.9 Å². The fraction of sp³-hybridized carbons (Fsp3) is 0.280. The molecule has 2 heterocycles. The second kappa shape index (κ2) is 10.4. The van der Waals surface area contributed by atoms with Crippen molar-refractivity contribution in [3.8, 4) is 0 Å². The maximum absolute atomic E-state index is 13.2. The average Bonchev–Trinajstić information content (AvgIpc) is 3.26. The Bertz CT molecular complexity index is 1300. The van der Waals surface area contributed by atoms with Gasteiger partial charge in [-0.1, -0.05) is 30.3 Å². The molecule has 2 aromatic carbocycles. The molecule has 0 amide bonds. The van der Waals surface area contributed by atoms with Crippen molar-refractivity contribution < 1.29 is 41.0 Å². The summed E-state index contributed by atoms with van der Waals surface area (Å²) >= 11 is 0. The van der Waals surface area contributed by atoms with Crippen molar-refractivity contribution in [2.75, 3.05) is 0 Å². The van der Waals surface area contributed by atoms with Crippen LogP contribution in [0.4, 0.5) is 26.3 Å². The molecule has 1 N–H and O–H groups in total. The molecule has 4 rings (SSSR count). The van der Waals surface area contributed by atoms with Crippen molar-refractivity contribution in [2.45, 2.75) is 37.4 Å². The normalized spacial score (nSPS) is 18.5. The highest BCUT2D eigenvalue weighted by molar-refractivity contribution is 6.01. The zero-order valence-electron chi connectivity index (χ0n) is 19.7. The van der Waals surface area contributed by atoms with Crippen molar-refractivity contribution in [2.24, 2.45) is 7.05 Å². The first-order valence-electron chi connectivity index (χ1n) is 11.2. The Balaban J connectivity index is 1.92. The van der Waals surface area contributed by atoms with Gasteiger partial charge in [-0.25, -0.2) is 4.68 Å². The standard InChI is InChI=1S/C25H20F6N4O3/c1-35-23(32-33-34-35)20(11-10-19-12-18(36)13-21(37)38-19)22(14-2-6-16(7-3-14)24(26,27)28)15-4-8-17(9-5-15)25(29,30)31/h2-11,18-19,36H,12-13H2,1H3/b11-10+/t18-,19-/m1/s1. The summed E-state index contributed by atoms with van der Waals surface area (Å²) in [5, 5.41) is 21.3. The molecule has 3 aromatic rings. The third-order valence-electron chi connectivity index (χ3n) is 5.80. The Morgan fingerprint density at radius 1 is 0.974 bits per heavy atom. The fourth-order valence-corrected chi connectivity index (χ4v) is 3.99. The van der Waals surface area contributed by atoms with E-state index in [4.69, 9.17) is 4.74 Å². The fourth-order valence-electron chi connectivity index (χ4n) is 3.99. The number of carbonyl (C=O) groups is 1. The SMILES string of the molecule is Cn1nnnc1C(/C=C/[C@@H]1C[C@@H](O)CC(=O)O1)=C(c1ccc(C(F)(F)F)cc1)c1ccc(C(F)(F)F)cc1. The molecule has 200 valence electrons. The quantitative estimate of drug-likeness (QED) is 0.285. The Hall–Kier alpha value is -4.00. The molecule has 0 saturated carbocycles. The predicted octanol–water partition coefficient (Wildman–Crippen LogP) is 4.83. The van der Waals surface area contributed by atoms with Crippen LogP contribution in [0.1, 0.15) is 40.9 Å². The van der Waals surface area contributed by atoms with E-state index < -0.39 is 41.7 Å². The van der Waals surface area contributed by atoms with Crippen LogP contribution < -0.4 is 0 Å². The van der Waals surface area contributed by atoms with Crippen LogP contribution in [0.2, 0.25) is 0 Å². The zero-order valence-corrected chi connectivity index (χ0v) is 19.7. The smallest absolute Gasteiger partial charge is 0.416 e. The number of tetrazole rings is 1. The Morgan fingerprint density at radius 3 is 1.92 bits per heavy atom. The summed E-state index contributed by atoms with van der Waals surface area (Å²) in [5.41, 5.74) is -0.887. The number of allylic oxidation sites excluding steroid dienone is 2. The molecule has 38 heavy (non-hydrogen) atoms.